The van der Waals surface area contributed by atoms with Gasteiger partial charge < -0.3 is 40.0 Å². The molecule has 3 fully saturated rings. The van der Waals surface area contributed by atoms with Gasteiger partial charge in [0.2, 0.25) is 5.91 Å². The Morgan fingerprint density at radius 2 is 1.81 bits per heavy atom. The van der Waals surface area contributed by atoms with E-state index in [1.807, 2.05) is 12.2 Å². The largest absolute Gasteiger partial charge is 0.444 e. The van der Waals surface area contributed by atoms with Gasteiger partial charge in [0.15, 0.2) is 0 Å². The lowest BCUT2D eigenvalue weighted by molar-refractivity contribution is -0.205. The summed E-state index contributed by atoms with van der Waals surface area (Å²) in [6.07, 6.45) is 0.850. The van der Waals surface area contributed by atoms with Crippen molar-refractivity contribution in [1.82, 2.24) is 10.2 Å². The molecule has 0 spiro atoms. The molecule has 4 rings (SSSR count). The Bertz CT molecular complexity index is 960. The van der Waals surface area contributed by atoms with E-state index in [1.54, 1.807) is 20.8 Å². The van der Waals surface area contributed by atoms with Crippen molar-refractivity contribution < 1.29 is 44.2 Å². The lowest BCUT2D eigenvalue weighted by Gasteiger charge is -2.44. The van der Waals surface area contributed by atoms with Crippen LogP contribution in [0.3, 0.4) is 0 Å². The first-order chi connectivity index (χ1) is 19.8. The van der Waals surface area contributed by atoms with Crippen molar-refractivity contribution in [1.29, 1.82) is 0 Å². The normalized spacial score (nSPS) is 40.1. The highest BCUT2D eigenvalue weighted by Crippen LogP contribution is 2.39. The number of nitrogens with one attached hydrogen (secondary N) is 1. The number of fused-ring (bicyclic) bond motifs is 3. The van der Waals surface area contributed by atoms with Gasteiger partial charge in [-0.05, 0) is 64.7 Å². The maximum Gasteiger partial charge on any atom is 0.411 e. The summed E-state index contributed by atoms with van der Waals surface area (Å²) in [6.45, 7) is 10.4. The van der Waals surface area contributed by atoms with Crippen LogP contribution in [-0.4, -0.2) is 116 Å². The molecule has 0 radical (unpaired) electrons. The highest BCUT2D eigenvalue weighted by Gasteiger charge is 2.53. The molecular weight excluding hydrogens is 564 g/mol. The van der Waals surface area contributed by atoms with E-state index in [0.29, 0.717) is 31.4 Å². The lowest BCUT2D eigenvalue weighted by atomic mass is 9.85. The molecule has 240 valence electrons. The average Bonchev–Trinajstić information content (AvgIpc) is 3.15. The number of carbonyl (C=O) groups excluding carboxylic acids is 2. The highest BCUT2D eigenvalue weighted by atomic mass is 32.2. The van der Waals surface area contributed by atoms with Crippen molar-refractivity contribution >= 4 is 23.8 Å². The first-order valence-electron chi connectivity index (χ1n) is 15.3. The van der Waals surface area contributed by atoms with E-state index in [1.165, 1.54) is 16.7 Å². The molecule has 42 heavy (non-hydrogen) atoms. The average molecular weight is 615 g/mol. The van der Waals surface area contributed by atoms with Crippen LogP contribution < -0.4 is 5.32 Å². The summed E-state index contributed by atoms with van der Waals surface area (Å²) in [5.74, 6) is 0.481. The fraction of sp³-hybridized carbons (Fsp3) is 0.867. The third-order valence-corrected chi connectivity index (χ3v) is 9.92. The van der Waals surface area contributed by atoms with Gasteiger partial charge in [-0.1, -0.05) is 26.0 Å². The van der Waals surface area contributed by atoms with Crippen LogP contribution in [0.25, 0.3) is 0 Å². The zero-order chi connectivity index (χ0) is 30.8. The molecule has 12 heteroatoms. The molecule has 2 amide bonds. The fourth-order valence-electron chi connectivity index (χ4n) is 6.65. The molecule has 1 unspecified atom stereocenters. The van der Waals surface area contributed by atoms with Gasteiger partial charge in [0, 0.05) is 24.3 Å². The molecule has 4 aliphatic rings. The first kappa shape index (κ1) is 33.5. The Hall–Kier alpha value is -1.41. The number of hydrogen-bond acceptors (Lipinski definition) is 10. The number of ether oxygens (including phenoxy) is 3. The minimum absolute atomic E-state index is 0.0341. The van der Waals surface area contributed by atoms with E-state index >= 15 is 0 Å². The summed E-state index contributed by atoms with van der Waals surface area (Å²) in [5, 5.41) is 44.7. The van der Waals surface area contributed by atoms with Crippen LogP contribution in [0.5, 0.6) is 0 Å². The summed E-state index contributed by atoms with van der Waals surface area (Å²) in [4.78, 5) is 29.0. The number of amides is 2. The van der Waals surface area contributed by atoms with Gasteiger partial charge in [-0.3, -0.25) is 9.69 Å². The molecule has 0 aromatic carbocycles. The second-order valence-corrected chi connectivity index (χ2v) is 15.0. The Balaban J connectivity index is 1.60. The minimum Gasteiger partial charge on any atom is -0.444 e. The molecule has 11 nitrogen and oxygen atoms in total. The number of allylic oxidation sites excluding steroid dienone is 1. The number of rotatable bonds is 5. The van der Waals surface area contributed by atoms with Gasteiger partial charge in [-0.25, -0.2) is 4.79 Å². The van der Waals surface area contributed by atoms with Crippen molar-refractivity contribution in [2.75, 3.05) is 19.8 Å². The topological polar surface area (TPSA) is 158 Å². The quantitative estimate of drug-likeness (QED) is 0.289. The van der Waals surface area contributed by atoms with Gasteiger partial charge in [-0.15, -0.1) is 11.8 Å². The number of hydrogen-bond donors (Lipinski definition) is 5. The smallest absolute Gasteiger partial charge is 0.411 e. The van der Waals surface area contributed by atoms with Gasteiger partial charge in [0.05, 0.1) is 18.8 Å². The van der Waals surface area contributed by atoms with Crippen molar-refractivity contribution in [2.24, 2.45) is 17.8 Å². The van der Waals surface area contributed by atoms with Gasteiger partial charge in [0.1, 0.15) is 41.5 Å². The number of nitrogens with zero attached hydrogens (tertiary/aromatic N) is 1. The van der Waals surface area contributed by atoms with Crippen molar-refractivity contribution in [2.45, 2.75) is 126 Å². The molecule has 2 bridgehead atoms. The zero-order valence-electron chi connectivity index (χ0n) is 25.4. The summed E-state index contributed by atoms with van der Waals surface area (Å²) in [5.41, 5.74) is -1.66. The van der Waals surface area contributed by atoms with E-state index in [0.717, 1.165) is 19.3 Å². The minimum atomic E-state index is -1.50. The summed E-state index contributed by atoms with van der Waals surface area (Å²) in [6, 6.07) is -1.71. The molecule has 11 atom stereocenters. The third kappa shape index (κ3) is 7.99. The monoisotopic (exact) mass is 614 g/mol. The third-order valence-electron chi connectivity index (χ3n) is 8.53. The van der Waals surface area contributed by atoms with Crippen LogP contribution in [0.4, 0.5) is 4.79 Å². The van der Waals surface area contributed by atoms with Gasteiger partial charge in [0.25, 0.3) is 0 Å². The van der Waals surface area contributed by atoms with E-state index in [9.17, 15) is 30.0 Å². The lowest BCUT2D eigenvalue weighted by Crippen LogP contribution is -2.64. The van der Waals surface area contributed by atoms with Crippen LogP contribution in [-0.2, 0) is 19.0 Å². The maximum atomic E-state index is 14.1. The highest BCUT2D eigenvalue weighted by molar-refractivity contribution is 8.00. The van der Waals surface area contributed by atoms with Crippen LogP contribution in [0.1, 0.15) is 66.7 Å². The maximum absolute atomic E-state index is 14.1. The predicted molar refractivity (Wildman–Crippen MR) is 158 cm³/mol. The molecule has 0 aliphatic carbocycles. The first-order valence-corrected chi connectivity index (χ1v) is 16.3. The van der Waals surface area contributed by atoms with Crippen molar-refractivity contribution in [3.63, 3.8) is 0 Å². The summed E-state index contributed by atoms with van der Waals surface area (Å²) < 4.78 is 18.1. The second-order valence-electron chi connectivity index (χ2n) is 13.6. The number of carbonyl (C=O) groups is 2. The molecule has 3 saturated heterocycles. The molecule has 4 aliphatic heterocycles. The summed E-state index contributed by atoms with van der Waals surface area (Å²) in [7, 11) is 0. The second kappa shape index (κ2) is 14.1. The van der Waals surface area contributed by atoms with Crippen LogP contribution in [0, 0.1) is 17.8 Å². The number of likely N-dealkylation sites (tertiary alicyclic amines) is 1. The summed E-state index contributed by atoms with van der Waals surface area (Å²) >= 11 is 1.19. The molecule has 5 N–H and O–H groups in total. The number of aliphatic hydroxyl groups excluding tert-OH is 4. The van der Waals surface area contributed by atoms with Crippen LogP contribution >= 0.6 is 11.8 Å². The molecule has 4 heterocycles. The van der Waals surface area contributed by atoms with E-state index in [2.05, 4.69) is 19.2 Å². The van der Waals surface area contributed by atoms with Crippen LogP contribution in [0.15, 0.2) is 12.2 Å². The van der Waals surface area contributed by atoms with Crippen LogP contribution in [0.2, 0.25) is 0 Å². The number of aliphatic hydroxyl groups is 4. The van der Waals surface area contributed by atoms with E-state index in [-0.39, 0.29) is 24.2 Å². The zero-order valence-corrected chi connectivity index (χ0v) is 26.2. The molecule has 0 saturated carbocycles. The fourth-order valence-corrected chi connectivity index (χ4v) is 7.86. The Kier molecular flexibility index (Phi) is 11.3. The molecule has 0 aromatic heterocycles. The predicted octanol–water partition coefficient (Wildman–Crippen LogP) is 1.80. The van der Waals surface area contributed by atoms with Crippen molar-refractivity contribution in [3.8, 4) is 0 Å². The van der Waals surface area contributed by atoms with Gasteiger partial charge >= 0.3 is 6.09 Å². The number of thioether (sulfide) groups is 1. The van der Waals surface area contributed by atoms with Gasteiger partial charge in [-0.2, -0.15) is 0 Å². The Morgan fingerprint density at radius 1 is 1.10 bits per heavy atom. The van der Waals surface area contributed by atoms with E-state index < -0.39 is 65.6 Å². The Labute approximate surface area is 253 Å². The molecular formula is C30H50N2O9S. The van der Waals surface area contributed by atoms with Crippen molar-refractivity contribution in [3.05, 3.63) is 12.2 Å². The standard InChI is InChI=1S/C30H50N2O9S/c1-16(2)12-17-10-11-39-25-18(13-17)14-32(29(38)41-30(3,4)5)21(25)27(37)31-20-9-7-6-8-19(15-33)42-28-24(36)22(34)23(35)26(20)40-28/h6-7,16-26,28,33-36H,8-15H2,1-5H3,(H,31,37)/b7-6-/t17-,18-,19-,20+,21?,22-,23+,24+,25+,26+,28+/m0/s1. The van der Waals surface area contributed by atoms with E-state index in [4.69, 9.17) is 14.2 Å². The SMILES string of the molecule is CC(C)C[C@@H]1CCO[C@H]2C(C(=O)N[C@@H]3C/C=C\C[C@@H](CO)S[C@H]4O[C@H]3[C@H](O)[C@H](O)[C@H]4O)N(C(=O)OC(C)(C)C)C[C@@H]2C1. The molecule has 0 aromatic rings. The Morgan fingerprint density at radius 3 is 2.48 bits per heavy atom.